The van der Waals surface area contributed by atoms with Gasteiger partial charge < -0.3 is 5.32 Å². The fourth-order valence-corrected chi connectivity index (χ4v) is 2.53. The molecule has 0 aromatic rings. The molecule has 11 heavy (non-hydrogen) atoms. The van der Waals surface area contributed by atoms with Gasteiger partial charge in [0.2, 0.25) is 5.91 Å². The van der Waals surface area contributed by atoms with E-state index in [1.165, 1.54) is 6.42 Å². The highest BCUT2D eigenvalue weighted by molar-refractivity contribution is 5.82. The third kappa shape index (κ3) is 0.959. The van der Waals surface area contributed by atoms with Crippen molar-refractivity contribution < 1.29 is 4.79 Å². The fourth-order valence-electron chi connectivity index (χ4n) is 2.53. The first-order valence-electron chi connectivity index (χ1n) is 4.49. The summed E-state index contributed by atoms with van der Waals surface area (Å²) in [6, 6.07) is 0.514. The summed E-state index contributed by atoms with van der Waals surface area (Å²) >= 11 is 0. The monoisotopic (exact) mass is 153 g/mol. The second-order valence-electron chi connectivity index (χ2n) is 4.19. The lowest BCUT2D eigenvalue weighted by molar-refractivity contribution is -0.125. The molecule has 0 aromatic heterocycles. The Bertz CT molecular complexity index is 188. The highest BCUT2D eigenvalue weighted by Crippen LogP contribution is 2.41. The van der Waals surface area contributed by atoms with Gasteiger partial charge in [-0.15, -0.1) is 0 Å². The van der Waals surface area contributed by atoms with Crippen molar-refractivity contribution in [2.75, 3.05) is 0 Å². The van der Waals surface area contributed by atoms with Crippen LogP contribution in [0.15, 0.2) is 0 Å². The van der Waals surface area contributed by atoms with Gasteiger partial charge in [-0.1, -0.05) is 13.8 Å². The van der Waals surface area contributed by atoms with Crippen LogP contribution in [0.25, 0.3) is 0 Å². The first kappa shape index (κ1) is 7.14. The zero-order valence-corrected chi connectivity index (χ0v) is 7.13. The lowest BCUT2D eigenvalue weighted by Gasteiger charge is -2.24. The largest absolute Gasteiger partial charge is 0.353 e. The maximum absolute atomic E-state index is 11.2. The average molecular weight is 153 g/mol. The number of fused-ring (bicyclic) bond motifs is 2. The number of carbonyl (C=O) groups excluding carboxylic acids is 1. The van der Waals surface area contributed by atoms with Crippen molar-refractivity contribution in [3.05, 3.63) is 0 Å². The van der Waals surface area contributed by atoms with Gasteiger partial charge in [-0.05, 0) is 24.7 Å². The molecule has 3 atom stereocenters. The van der Waals surface area contributed by atoms with Gasteiger partial charge in [0.05, 0.1) is 0 Å². The van der Waals surface area contributed by atoms with Gasteiger partial charge in [0.1, 0.15) is 0 Å². The minimum absolute atomic E-state index is 0.306. The molecular weight excluding hydrogens is 138 g/mol. The van der Waals surface area contributed by atoms with Gasteiger partial charge in [-0.2, -0.15) is 0 Å². The highest BCUT2D eigenvalue weighted by Gasteiger charge is 2.46. The zero-order valence-electron chi connectivity index (χ0n) is 7.13. The van der Waals surface area contributed by atoms with E-state index in [0.717, 1.165) is 6.42 Å². The Kier molecular flexibility index (Phi) is 1.44. The molecule has 2 heteroatoms. The van der Waals surface area contributed by atoms with Crippen LogP contribution in [-0.4, -0.2) is 11.9 Å². The SMILES string of the molecule is CC(C)[C@H]1C[C@H]2C[C@@H]1C(=O)N2. The summed E-state index contributed by atoms with van der Waals surface area (Å²) in [4.78, 5) is 11.2. The number of carbonyl (C=O) groups is 1. The van der Waals surface area contributed by atoms with E-state index in [9.17, 15) is 4.79 Å². The van der Waals surface area contributed by atoms with Crippen molar-refractivity contribution >= 4 is 5.91 Å². The van der Waals surface area contributed by atoms with Crippen molar-refractivity contribution in [1.82, 2.24) is 5.32 Å². The van der Waals surface area contributed by atoms with Crippen LogP contribution in [0, 0.1) is 17.8 Å². The number of amides is 1. The summed E-state index contributed by atoms with van der Waals surface area (Å²) in [6.45, 7) is 4.44. The third-order valence-corrected chi connectivity index (χ3v) is 3.15. The molecule has 1 saturated carbocycles. The standard InChI is InChI=1S/C9H15NO/c1-5(2)7-3-6-4-8(7)9(11)10-6/h5-8H,3-4H2,1-2H3,(H,10,11)/t6-,7+,8-/m0/s1. The molecule has 2 nitrogen and oxygen atoms in total. The molecule has 2 aliphatic rings. The van der Waals surface area contributed by atoms with Crippen molar-refractivity contribution in [3.63, 3.8) is 0 Å². The van der Waals surface area contributed by atoms with Crippen molar-refractivity contribution in [3.8, 4) is 0 Å². The van der Waals surface area contributed by atoms with Crippen LogP contribution in [0.4, 0.5) is 0 Å². The number of hydrogen-bond donors (Lipinski definition) is 1. The molecule has 0 radical (unpaired) electrons. The summed E-state index contributed by atoms with van der Waals surface area (Å²) in [6.07, 6.45) is 2.32. The van der Waals surface area contributed by atoms with Gasteiger partial charge in [-0.3, -0.25) is 4.79 Å². The van der Waals surface area contributed by atoms with Gasteiger partial charge in [0.25, 0.3) is 0 Å². The first-order valence-corrected chi connectivity index (χ1v) is 4.49. The molecule has 0 spiro atoms. The molecule has 1 aliphatic carbocycles. The Morgan fingerprint density at radius 3 is 2.55 bits per heavy atom. The van der Waals surface area contributed by atoms with E-state index in [1.807, 2.05) is 0 Å². The molecule has 1 aliphatic heterocycles. The van der Waals surface area contributed by atoms with E-state index in [-0.39, 0.29) is 0 Å². The Hall–Kier alpha value is -0.530. The van der Waals surface area contributed by atoms with Crippen LogP contribution >= 0.6 is 0 Å². The van der Waals surface area contributed by atoms with E-state index in [2.05, 4.69) is 19.2 Å². The van der Waals surface area contributed by atoms with Crippen molar-refractivity contribution in [2.45, 2.75) is 32.7 Å². The Labute approximate surface area is 67.4 Å². The number of piperidine rings is 1. The first-order chi connectivity index (χ1) is 5.18. The normalized spacial score (nSPS) is 41.7. The molecule has 2 bridgehead atoms. The minimum Gasteiger partial charge on any atom is -0.353 e. The third-order valence-electron chi connectivity index (χ3n) is 3.15. The number of rotatable bonds is 1. The van der Waals surface area contributed by atoms with Crippen molar-refractivity contribution in [2.24, 2.45) is 17.8 Å². The second kappa shape index (κ2) is 2.23. The second-order valence-corrected chi connectivity index (χ2v) is 4.19. The lowest BCUT2D eigenvalue weighted by Crippen LogP contribution is -2.36. The van der Waals surface area contributed by atoms with E-state index in [4.69, 9.17) is 0 Å². The van der Waals surface area contributed by atoms with Crippen LogP contribution < -0.4 is 5.32 Å². The Morgan fingerprint density at radius 2 is 2.18 bits per heavy atom. The quantitative estimate of drug-likeness (QED) is 0.602. The van der Waals surface area contributed by atoms with Gasteiger partial charge in [-0.25, -0.2) is 0 Å². The van der Waals surface area contributed by atoms with Crippen LogP contribution in [0.3, 0.4) is 0 Å². The van der Waals surface area contributed by atoms with Crippen LogP contribution in [0.1, 0.15) is 26.7 Å². The van der Waals surface area contributed by atoms with Gasteiger partial charge in [0.15, 0.2) is 0 Å². The molecule has 1 amide bonds. The molecule has 0 unspecified atom stereocenters. The molecule has 0 aromatic carbocycles. The van der Waals surface area contributed by atoms with Gasteiger partial charge in [0, 0.05) is 12.0 Å². The van der Waals surface area contributed by atoms with E-state index >= 15 is 0 Å². The summed E-state index contributed by atoms with van der Waals surface area (Å²) < 4.78 is 0. The predicted molar refractivity (Wildman–Crippen MR) is 43.0 cm³/mol. The molecule has 2 fully saturated rings. The molecule has 2 rings (SSSR count). The predicted octanol–water partition coefficient (Wildman–Crippen LogP) is 1.17. The molecule has 1 N–H and O–H groups in total. The van der Waals surface area contributed by atoms with E-state index < -0.39 is 0 Å². The summed E-state index contributed by atoms with van der Waals surface area (Å²) in [5.41, 5.74) is 0. The Balaban J connectivity index is 2.12. The fraction of sp³-hybridized carbons (Fsp3) is 0.889. The zero-order chi connectivity index (χ0) is 8.01. The molecular formula is C9H15NO. The van der Waals surface area contributed by atoms with E-state index in [1.54, 1.807) is 0 Å². The molecule has 1 heterocycles. The summed E-state index contributed by atoms with van der Waals surface area (Å²) in [5.74, 6) is 1.99. The minimum atomic E-state index is 0.306. The smallest absolute Gasteiger partial charge is 0.223 e. The highest BCUT2D eigenvalue weighted by atomic mass is 16.2. The van der Waals surface area contributed by atoms with E-state index in [0.29, 0.717) is 29.7 Å². The maximum atomic E-state index is 11.2. The van der Waals surface area contributed by atoms with Crippen LogP contribution in [-0.2, 0) is 4.79 Å². The lowest BCUT2D eigenvalue weighted by atomic mass is 9.85. The molecule has 62 valence electrons. The topological polar surface area (TPSA) is 29.1 Å². The number of hydrogen-bond acceptors (Lipinski definition) is 1. The molecule has 1 saturated heterocycles. The summed E-state index contributed by atoms with van der Waals surface area (Å²) in [7, 11) is 0. The average Bonchev–Trinajstić information content (AvgIpc) is 2.43. The van der Waals surface area contributed by atoms with Crippen LogP contribution in [0.5, 0.6) is 0 Å². The maximum Gasteiger partial charge on any atom is 0.223 e. The number of nitrogens with one attached hydrogen (secondary N) is 1. The van der Waals surface area contributed by atoms with Gasteiger partial charge >= 0.3 is 0 Å². The summed E-state index contributed by atoms with van der Waals surface area (Å²) in [5, 5.41) is 3.00. The van der Waals surface area contributed by atoms with Crippen molar-refractivity contribution in [1.29, 1.82) is 0 Å². The van der Waals surface area contributed by atoms with Crippen LogP contribution in [0.2, 0.25) is 0 Å². The Morgan fingerprint density at radius 1 is 1.45 bits per heavy atom.